The van der Waals surface area contributed by atoms with Crippen LogP contribution >= 0.6 is 22.6 Å². The van der Waals surface area contributed by atoms with Crippen molar-refractivity contribution in [1.82, 2.24) is 19.5 Å². The monoisotopic (exact) mass is 459 g/mol. The minimum Gasteiger partial charge on any atom is -0.465 e. The van der Waals surface area contributed by atoms with Crippen molar-refractivity contribution in [3.05, 3.63) is 22.8 Å². The van der Waals surface area contributed by atoms with Crippen molar-refractivity contribution in [2.24, 2.45) is 5.41 Å². The van der Waals surface area contributed by atoms with Gasteiger partial charge in [-0.15, -0.1) is 6.58 Å². The predicted octanol–water partition coefficient (Wildman–Crippen LogP) is 0.415. The van der Waals surface area contributed by atoms with E-state index in [1.165, 1.54) is 12.4 Å². The zero-order valence-electron chi connectivity index (χ0n) is 13.5. The number of aliphatic hydroxyl groups is 2. The Morgan fingerprint density at radius 1 is 1.60 bits per heavy atom. The van der Waals surface area contributed by atoms with Gasteiger partial charge in [0, 0.05) is 22.6 Å². The molecule has 4 N–H and O–H groups in total. The molecular weight excluding hydrogens is 441 g/mol. The number of ether oxygens (including phenoxy) is 1. The first-order chi connectivity index (χ1) is 11.9. The Labute approximate surface area is 157 Å². The van der Waals surface area contributed by atoms with Crippen molar-refractivity contribution < 1.29 is 19.7 Å². The van der Waals surface area contributed by atoms with E-state index in [9.17, 15) is 15.0 Å². The maximum Gasteiger partial charge on any atom is 0.318 e. The van der Waals surface area contributed by atoms with Crippen LogP contribution in [0, 0.1) is 9.25 Å². The Morgan fingerprint density at radius 2 is 2.32 bits per heavy atom. The van der Waals surface area contributed by atoms with Gasteiger partial charge in [0.05, 0.1) is 19.0 Å². The molecule has 25 heavy (non-hydrogen) atoms. The summed E-state index contributed by atoms with van der Waals surface area (Å²) >= 11 is 1.93. The van der Waals surface area contributed by atoms with Crippen LogP contribution < -0.4 is 5.73 Å². The molecule has 9 nitrogen and oxygen atoms in total. The lowest BCUT2D eigenvalue weighted by Gasteiger charge is -2.26. The summed E-state index contributed by atoms with van der Waals surface area (Å²) in [6, 6.07) is -0.646. The number of rotatable bonds is 4. The van der Waals surface area contributed by atoms with Gasteiger partial charge in [-0.3, -0.25) is 4.79 Å². The number of hydrogen-bond donors (Lipinski definition) is 3. The van der Waals surface area contributed by atoms with Crippen LogP contribution in [0.4, 0.5) is 5.82 Å². The Hall–Kier alpha value is -1.79. The van der Waals surface area contributed by atoms with E-state index in [1.807, 2.05) is 22.6 Å². The summed E-state index contributed by atoms with van der Waals surface area (Å²) in [5.74, 6) is -0.395. The van der Waals surface area contributed by atoms with Crippen LogP contribution in [0.1, 0.15) is 19.4 Å². The number of esters is 1. The molecule has 0 bridgehead atoms. The van der Waals surface area contributed by atoms with Gasteiger partial charge in [0.1, 0.15) is 23.1 Å². The molecule has 1 aliphatic rings. The van der Waals surface area contributed by atoms with Gasteiger partial charge in [0.15, 0.2) is 15.3 Å². The quantitative estimate of drug-likeness (QED) is 0.259. The molecule has 2 aromatic heterocycles. The van der Waals surface area contributed by atoms with Crippen molar-refractivity contribution in [1.29, 1.82) is 0 Å². The van der Waals surface area contributed by atoms with Gasteiger partial charge >= 0.3 is 5.97 Å². The topological polar surface area (TPSA) is 136 Å². The van der Waals surface area contributed by atoms with Crippen LogP contribution in [-0.4, -0.2) is 54.5 Å². The third kappa shape index (κ3) is 2.68. The summed E-state index contributed by atoms with van der Waals surface area (Å²) < 4.78 is 7.11. The van der Waals surface area contributed by atoms with E-state index in [-0.39, 0.29) is 18.8 Å². The predicted molar refractivity (Wildman–Crippen MR) is 97.4 cm³/mol. The standard InChI is InChI=1S/C15H18IN5O4/c1-3-15(13(24)25-4-2)5-7(9(22)10(15)23)21-6-18-8-11(17)19-14(16)20-12(8)21/h3,6-7,9-10,22-23H,1,4-5H2,2H3,(H2,17,19,20)/t7-,9?,10?,15+/m1/s1. The fourth-order valence-corrected chi connectivity index (χ4v) is 3.76. The number of halogens is 1. The zero-order valence-corrected chi connectivity index (χ0v) is 15.6. The highest BCUT2D eigenvalue weighted by atomic mass is 127. The first-order valence-electron chi connectivity index (χ1n) is 7.68. The summed E-state index contributed by atoms with van der Waals surface area (Å²) in [5.41, 5.74) is 5.29. The molecule has 2 unspecified atom stereocenters. The van der Waals surface area contributed by atoms with E-state index >= 15 is 0 Å². The summed E-state index contributed by atoms with van der Waals surface area (Å²) in [6.07, 6.45) is 0.323. The van der Waals surface area contributed by atoms with Crippen LogP contribution in [-0.2, 0) is 9.53 Å². The van der Waals surface area contributed by atoms with Crippen molar-refractivity contribution in [2.45, 2.75) is 31.6 Å². The van der Waals surface area contributed by atoms with Gasteiger partial charge in [-0.2, -0.15) is 0 Å². The number of nitrogens with two attached hydrogens (primary N) is 1. The van der Waals surface area contributed by atoms with Crippen molar-refractivity contribution in [2.75, 3.05) is 12.3 Å². The van der Waals surface area contributed by atoms with Crippen LogP contribution in [0.5, 0.6) is 0 Å². The highest BCUT2D eigenvalue weighted by molar-refractivity contribution is 14.1. The van der Waals surface area contributed by atoms with E-state index in [2.05, 4.69) is 21.5 Å². The molecule has 0 aliphatic heterocycles. The second-order valence-corrected chi connectivity index (χ2v) is 6.84. The van der Waals surface area contributed by atoms with E-state index in [4.69, 9.17) is 10.5 Å². The van der Waals surface area contributed by atoms with Gasteiger partial charge < -0.3 is 25.3 Å². The summed E-state index contributed by atoms with van der Waals surface area (Å²) in [6.45, 7) is 5.51. The van der Waals surface area contributed by atoms with Crippen LogP contribution in [0.3, 0.4) is 0 Å². The zero-order chi connectivity index (χ0) is 18.4. The second kappa shape index (κ2) is 6.50. The maximum atomic E-state index is 12.4. The fourth-order valence-electron chi connectivity index (χ4n) is 3.28. The average molecular weight is 459 g/mol. The Bertz CT molecular complexity index is 841. The molecule has 4 atom stereocenters. The van der Waals surface area contributed by atoms with Crippen molar-refractivity contribution in [3.63, 3.8) is 0 Å². The molecule has 0 spiro atoms. The third-order valence-electron chi connectivity index (χ3n) is 4.59. The molecule has 1 saturated carbocycles. The highest BCUT2D eigenvalue weighted by Gasteiger charge is 2.57. The van der Waals surface area contributed by atoms with E-state index < -0.39 is 29.6 Å². The number of anilines is 1. The molecular formula is C15H18IN5O4. The number of aliphatic hydroxyl groups excluding tert-OH is 2. The normalized spacial score (nSPS) is 29.0. The van der Waals surface area contributed by atoms with Gasteiger partial charge in [0.2, 0.25) is 0 Å². The third-order valence-corrected chi connectivity index (χ3v) is 5.07. The van der Waals surface area contributed by atoms with E-state index in [0.717, 1.165) is 0 Å². The summed E-state index contributed by atoms with van der Waals surface area (Å²) in [5, 5.41) is 21.1. The maximum absolute atomic E-state index is 12.4. The van der Waals surface area contributed by atoms with Gasteiger partial charge in [-0.05, 0) is 13.3 Å². The number of imidazole rings is 1. The SMILES string of the molecule is C=C[C@]1(C(=O)OCC)C[C@@H](n2cnc3c(N)nc(I)nc32)C(O)C1O. The largest absolute Gasteiger partial charge is 0.465 e. The van der Waals surface area contributed by atoms with Crippen LogP contribution in [0.15, 0.2) is 19.0 Å². The number of nitrogens with zero attached hydrogens (tertiary/aromatic N) is 4. The Balaban J connectivity index is 2.07. The number of fused-ring (bicyclic) bond motifs is 1. The van der Waals surface area contributed by atoms with Gasteiger partial charge in [0.25, 0.3) is 0 Å². The number of aromatic nitrogens is 4. The Kier molecular flexibility index (Phi) is 4.68. The van der Waals surface area contributed by atoms with Gasteiger partial charge in [-0.25, -0.2) is 15.0 Å². The Morgan fingerprint density at radius 3 is 2.96 bits per heavy atom. The molecule has 2 aromatic rings. The number of carbonyl (C=O) groups excluding carboxylic acids is 1. The lowest BCUT2D eigenvalue weighted by atomic mass is 9.84. The fraction of sp³-hybridized carbons (Fsp3) is 0.467. The molecule has 0 radical (unpaired) electrons. The average Bonchev–Trinajstić information content (AvgIpc) is 3.09. The van der Waals surface area contributed by atoms with Crippen LogP contribution in [0.2, 0.25) is 0 Å². The highest BCUT2D eigenvalue weighted by Crippen LogP contribution is 2.47. The molecule has 1 aliphatic carbocycles. The van der Waals surface area contributed by atoms with E-state index in [1.54, 1.807) is 11.5 Å². The molecule has 10 heteroatoms. The lowest BCUT2D eigenvalue weighted by Crippen LogP contribution is -2.42. The minimum atomic E-state index is -1.40. The van der Waals surface area contributed by atoms with Crippen molar-refractivity contribution in [3.8, 4) is 0 Å². The molecule has 0 saturated heterocycles. The van der Waals surface area contributed by atoms with Crippen LogP contribution in [0.25, 0.3) is 11.2 Å². The molecule has 3 rings (SSSR count). The second-order valence-electron chi connectivity index (χ2n) is 5.87. The first-order valence-corrected chi connectivity index (χ1v) is 8.76. The molecule has 134 valence electrons. The molecule has 0 aromatic carbocycles. The summed E-state index contributed by atoms with van der Waals surface area (Å²) in [7, 11) is 0. The summed E-state index contributed by atoms with van der Waals surface area (Å²) in [4.78, 5) is 25.0. The molecule has 2 heterocycles. The van der Waals surface area contributed by atoms with Crippen molar-refractivity contribution >= 4 is 45.5 Å². The number of nitrogen functional groups attached to an aromatic ring is 1. The van der Waals surface area contributed by atoms with E-state index in [0.29, 0.717) is 15.0 Å². The smallest absolute Gasteiger partial charge is 0.318 e. The number of carbonyl (C=O) groups is 1. The molecule has 1 fully saturated rings. The first kappa shape index (κ1) is 18.0. The number of hydrogen-bond acceptors (Lipinski definition) is 8. The van der Waals surface area contributed by atoms with Gasteiger partial charge in [-0.1, -0.05) is 6.08 Å². The molecule has 0 amide bonds. The lowest BCUT2D eigenvalue weighted by molar-refractivity contribution is -0.158. The minimum absolute atomic E-state index is 0.101.